The molecule has 1 unspecified atom stereocenters. The smallest absolute Gasteiger partial charge is 0.362 e. The Morgan fingerprint density at radius 2 is 1.45 bits per heavy atom. The Kier molecular flexibility index (Phi) is 7.22. The number of aryl methyl sites for hydroxylation is 1. The maximum absolute atomic E-state index is 12.5. The van der Waals surface area contributed by atoms with Crippen molar-refractivity contribution in [2.24, 2.45) is 0 Å². The number of carbonyl (C=O) groups excluding carboxylic acids is 1. The molecule has 1 atom stereocenters. The molecule has 0 saturated carbocycles. The molecule has 174 valence electrons. The van der Waals surface area contributed by atoms with E-state index in [0.29, 0.717) is 5.75 Å². The van der Waals surface area contributed by atoms with Gasteiger partial charge in [0.2, 0.25) is 0 Å². The van der Waals surface area contributed by atoms with Gasteiger partial charge in [0.25, 0.3) is 10.1 Å². The second-order valence-corrected chi connectivity index (χ2v) is 9.42. The zero-order chi connectivity index (χ0) is 24.2. The molecule has 1 N–H and O–H groups in total. The van der Waals surface area contributed by atoms with E-state index in [1.54, 1.807) is 12.1 Å². The molecule has 0 bridgehead atoms. The average Bonchev–Trinajstić information content (AvgIpc) is 2.78. The van der Waals surface area contributed by atoms with E-state index in [4.69, 9.17) is 14.2 Å². The molecule has 0 saturated heterocycles. The van der Waals surface area contributed by atoms with Gasteiger partial charge in [-0.05, 0) is 42.3 Å². The third kappa shape index (κ3) is 5.78. The van der Waals surface area contributed by atoms with Crippen LogP contribution in [0.1, 0.15) is 40.9 Å². The van der Waals surface area contributed by atoms with E-state index >= 15 is 0 Å². The maximum atomic E-state index is 12.5. The SMILES string of the molecule is COC(OC(=O)c1ccccc1S(=O)(=O)O)Oc1ccc(C(C)(C)c2ccc(C)cc2)cc1. The first-order valence-corrected chi connectivity index (χ1v) is 11.6. The number of methoxy groups -OCH3 is 1. The van der Waals surface area contributed by atoms with Crippen LogP contribution in [0.15, 0.2) is 77.7 Å². The van der Waals surface area contributed by atoms with Crippen LogP contribution in [0, 0.1) is 6.92 Å². The Balaban J connectivity index is 1.74. The largest absolute Gasteiger partial charge is 0.432 e. The fourth-order valence-electron chi connectivity index (χ4n) is 3.33. The summed E-state index contributed by atoms with van der Waals surface area (Å²) >= 11 is 0. The summed E-state index contributed by atoms with van der Waals surface area (Å²) in [6.45, 7) is 4.87. The minimum atomic E-state index is -4.61. The molecule has 8 heteroatoms. The molecule has 7 nitrogen and oxygen atoms in total. The van der Waals surface area contributed by atoms with E-state index in [-0.39, 0.29) is 11.0 Å². The molecule has 3 rings (SSSR count). The molecular weight excluding hydrogens is 444 g/mol. The molecular formula is C25H26O7S. The van der Waals surface area contributed by atoms with E-state index in [2.05, 4.69) is 38.1 Å². The van der Waals surface area contributed by atoms with E-state index < -0.39 is 27.5 Å². The Morgan fingerprint density at radius 3 is 2.00 bits per heavy atom. The fourth-order valence-corrected chi connectivity index (χ4v) is 4.01. The van der Waals surface area contributed by atoms with E-state index in [1.165, 1.54) is 36.4 Å². The summed E-state index contributed by atoms with van der Waals surface area (Å²) < 4.78 is 48.2. The number of rotatable bonds is 8. The standard InChI is InChI=1S/C25H26O7S/c1-17-9-11-18(12-10-17)25(2,3)19-13-15-20(16-14-19)31-24(30-4)32-23(26)21-7-5-6-8-22(21)33(27,28)29/h5-16,24H,1-4H3,(H,27,28,29). The quantitative estimate of drug-likeness (QED) is 0.289. The highest BCUT2D eigenvalue weighted by Gasteiger charge is 2.25. The highest BCUT2D eigenvalue weighted by molar-refractivity contribution is 7.86. The van der Waals surface area contributed by atoms with Crippen LogP contribution in [-0.2, 0) is 25.0 Å². The van der Waals surface area contributed by atoms with Gasteiger partial charge in [-0.15, -0.1) is 0 Å². The van der Waals surface area contributed by atoms with Crippen molar-refractivity contribution in [3.8, 4) is 5.75 Å². The Morgan fingerprint density at radius 1 is 0.909 bits per heavy atom. The van der Waals surface area contributed by atoms with E-state index in [9.17, 15) is 17.8 Å². The molecule has 33 heavy (non-hydrogen) atoms. The summed E-state index contributed by atoms with van der Waals surface area (Å²) in [4.78, 5) is 11.9. The fraction of sp³-hybridized carbons (Fsp3) is 0.240. The third-order valence-electron chi connectivity index (χ3n) is 5.36. The van der Waals surface area contributed by atoms with Gasteiger partial charge in [0, 0.05) is 12.5 Å². The Labute approximate surface area is 193 Å². The van der Waals surface area contributed by atoms with Gasteiger partial charge in [0.05, 0.1) is 5.56 Å². The summed E-state index contributed by atoms with van der Waals surface area (Å²) in [5.74, 6) is -0.631. The summed E-state index contributed by atoms with van der Waals surface area (Å²) in [6, 6.07) is 20.8. The average molecular weight is 471 g/mol. The van der Waals surface area contributed by atoms with Gasteiger partial charge < -0.3 is 14.2 Å². The predicted octanol–water partition coefficient (Wildman–Crippen LogP) is 4.73. The van der Waals surface area contributed by atoms with Crippen molar-refractivity contribution >= 4 is 16.1 Å². The van der Waals surface area contributed by atoms with Crippen molar-refractivity contribution in [2.75, 3.05) is 7.11 Å². The molecule has 0 heterocycles. The van der Waals surface area contributed by atoms with Crippen molar-refractivity contribution in [2.45, 2.75) is 37.6 Å². The first-order valence-electron chi connectivity index (χ1n) is 10.2. The summed E-state index contributed by atoms with van der Waals surface area (Å²) in [7, 11) is -3.33. The van der Waals surface area contributed by atoms with Crippen molar-refractivity contribution in [1.82, 2.24) is 0 Å². The van der Waals surface area contributed by atoms with Gasteiger partial charge >= 0.3 is 12.4 Å². The molecule has 0 aromatic heterocycles. The van der Waals surface area contributed by atoms with Crippen LogP contribution in [0.2, 0.25) is 0 Å². The lowest BCUT2D eigenvalue weighted by atomic mass is 9.78. The molecule has 0 amide bonds. The summed E-state index contributed by atoms with van der Waals surface area (Å²) in [6.07, 6.45) is 0. The number of ether oxygens (including phenoxy) is 3. The lowest BCUT2D eigenvalue weighted by Gasteiger charge is -2.26. The number of esters is 1. The second kappa shape index (κ2) is 9.74. The van der Waals surface area contributed by atoms with Crippen molar-refractivity contribution in [3.63, 3.8) is 0 Å². The van der Waals surface area contributed by atoms with Crippen molar-refractivity contribution < 1.29 is 32.0 Å². The number of hydrogen-bond acceptors (Lipinski definition) is 6. The number of benzene rings is 3. The van der Waals surface area contributed by atoms with Crippen LogP contribution in [0.25, 0.3) is 0 Å². The minimum Gasteiger partial charge on any atom is -0.432 e. The number of carbonyl (C=O) groups is 1. The summed E-state index contributed by atoms with van der Waals surface area (Å²) in [5.41, 5.74) is 2.85. The molecule has 0 fully saturated rings. The molecule has 0 spiro atoms. The maximum Gasteiger partial charge on any atom is 0.362 e. The van der Waals surface area contributed by atoms with Crippen LogP contribution < -0.4 is 4.74 Å². The van der Waals surface area contributed by atoms with Crippen LogP contribution in [0.5, 0.6) is 5.75 Å². The van der Waals surface area contributed by atoms with Crippen LogP contribution in [0.3, 0.4) is 0 Å². The molecule has 3 aromatic rings. The first-order chi connectivity index (χ1) is 15.5. The predicted molar refractivity (Wildman–Crippen MR) is 123 cm³/mol. The van der Waals surface area contributed by atoms with Crippen LogP contribution in [0.4, 0.5) is 0 Å². The molecule has 0 aliphatic carbocycles. The lowest BCUT2D eigenvalue weighted by Crippen LogP contribution is -2.27. The molecule has 3 aromatic carbocycles. The molecule has 0 radical (unpaired) electrons. The highest BCUT2D eigenvalue weighted by Crippen LogP contribution is 2.32. The zero-order valence-corrected chi connectivity index (χ0v) is 19.6. The van der Waals surface area contributed by atoms with E-state index in [0.717, 1.165) is 11.6 Å². The zero-order valence-electron chi connectivity index (χ0n) is 18.8. The minimum absolute atomic E-state index is 0.237. The van der Waals surface area contributed by atoms with Gasteiger partial charge in [-0.1, -0.05) is 67.9 Å². The van der Waals surface area contributed by atoms with Gasteiger partial charge in [0.15, 0.2) is 0 Å². The van der Waals surface area contributed by atoms with Crippen molar-refractivity contribution in [1.29, 1.82) is 0 Å². The highest BCUT2D eigenvalue weighted by atomic mass is 32.2. The Bertz CT molecular complexity index is 1210. The third-order valence-corrected chi connectivity index (χ3v) is 6.27. The number of hydrogen-bond donors (Lipinski definition) is 1. The van der Waals surface area contributed by atoms with Crippen LogP contribution >= 0.6 is 0 Å². The topological polar surface area (TPSA) is 99.1 Å². The molecule has 0 aliphatic heterocycles. The van der Waals surface area contributed by atoms with Gasteiger partial charge in [-0.2, -0.15) is 8.42 Å². The monoisotopic (exact) mass is 470 g/mol. The van der Waals surface area contributed by atoms with Gasteiger partial charge in [-0.3, -0.25) is 4.55 Å². The van der Waals surface area contributed by atoms with Gasteiger partial charge in [-0.25, -0.2) is 4.79 Å². The second-order valence-electron chi connectivity index (χ2n) is 8.03. The normalized spacial score (nSPS) is 12.8. The first kappa shape index (κ1) is 24.4. The molecule has 0 aliphatic rings. The van der Waals surface area contributed by atoms with Crippen LogP contribution in [-0.4, -0.2) is 32.5 Å². The van der Waals surface area contributed by atoms with Crippen molar-refractivity contribution in [3.05, 3.63) is 95.1 Å². The van der Waals surface area contributed by atoms with Gasteiger partial charge in [0.1, 0.15) is 10.6 Å². The lowest BCUT2D eigenvalue weighted by molar-refractivity contribution is -0.201. The summed E-state index contributed by atoms with van der Waals surface area (Å²) in [5, 5.41) is 0. The van der Waals surface area contributed by atoms with E-state index in [1.807, 2.05) is 19.1 Å². The Hall–Kier alpha value is -3.20.